The summed E-state index contributed by atoms with van der Waals surface area (Å²) < 4.78 is 6.52. The molecule has 9 heteroatoms. The number of carbonyl (C=O) groups excluding carboxylic acids is 3. The van der Waals surface area contributed by atoms with Crippen molar-refractivity contribution >= 4 is 40.0 Å². The summed E-state index contributed by atoms with van der Waals surface area (Å²) in [6.45, 7) is 4.27. The number of hydrogen-bond acceptors (Lipinski definition) is 5. The zero-order valence-corrected chi connectivity index (χ0v) is 23.8. The Kier molecular flexibility index (Phi) is 8.44. The predicted molar refractivity (Wildman–Crippen MR) is 159 cm³/mol. The van der Waals surface area contributed by atoms with E-state index < -0.39 is 6.10 Å². The van der Waals surface area contributed by atoms with Crippen molar-refractivity contribution in [2.45, 2.75) is 45.3 Å². The lowest BCUT2D eigenvalue weighted by molar-refractivity contribution is -0.134. The van der Waals surface area contributed by atoms with E-state index in [1.165, 1.54) is 0 Å². The molecule has 1 heterocycles. The largest absolute Gasteiger partial charge is 0.488 e. The minimum atomic E-state index is -0.441. The van der Waals surface area contributed by atoms with E-state index in [9.17, 15) is 19.5 Å². The van der Waals surface area contributed by atoms with Crippen LogP contribution < -0.4 is 15.4 Å². The topological polar surface area (TPSA) is 111 Å². The molecule has 0 radical (unpaired) electrons. The van der Waals surface area contributed by atoms with Gasteiger partial charge in [-0.1, -0.05) is 43.3 Å². The van der Waals surface area contributed by atoms with Crippen LogP contribution in [0.4, 0.5) is 16.2 Å². The minimum Gasteiger partial charge on any atom is -0.488 e. The molecule has 1 saturated carbocycles. The van der Waals surface area contributed by atoms with Crippen LogP contribution >= 0.6 is 0 Å². The van der Waals surface area contributed by atoms with Crippen molar-refractivity contribution in [1.29, 1.82) is 0 Å². The lowest BCUT2D eigenvalue weighted by Crippen LogP contribution is -2.48. The van der Waals surface area contributed by atoms with E-state index in [0.29, 0.717) is 23.5 Å². The molecule has 2 aliphatic rings. The van der Waals surface area contributed by atoms with Gasteiger partial charge in [0.25, 0.3) is 0 Å². The second-order valence-corrected chi connectivity index (χ2v) is 11.3. The van der Waals surface area contributed by atoms with Gasteiger partial charge in [0.15, 0.2) is 0 Å². The molecule has 4 amide bonds. The predicted octanol–water partition coefficient (Wildman–Crippen LogP) is 4.50. The molecule has 41 heavy (non-hydrogen) atoms. The molecule has 0 bridgehead atoms. The first-order valence-corrected chi connectivity index (χ1v) is 14.2. The van der Waals surface area contributed by atoms with Gasteiger partial charge in [0.2, 0.25) is 11.8 Å². The molecule has 5 rings (SSSR count). The van der Waals surface area contributed by atoms with E-state index in [1.807, 2.05) is 56.3 Å². The van der Waals surface area contributed by atoms with Gasteiger partial charge >= 0.3 is 6.03 Å². The Morgan fingerprint density at radius 1 is 1.10 bits per heavy atom. The van der Waals surface area contributed by atoms with Crippen LogP contribution in [0.25, 0.3) is 10.8 Å². The van der Waals surface area contributed by atoms with Crippen molar-refractivity contribution in [3.63, 3.8) is 0 Å². The average molecular weight is 559 g/mol. The minimum absolute atomic E-state index is 0.0129. The van der Waals surface area contributed by atoms with Crippen LogP contribution in [0, 0.1) is 11.8 Å². The van der Waals surface area contributed by atoms with Crippen molar-refractivity contribution in [3.8, 4) is 5.75 Å². The molecule has 9 nitrogen and oxygen atoms in total. The molecule has 0 saturated heterocycles. The highest BCUT2D eigenvalue weighted by atomic mass is 16.5. The number of aliphatic hydroxyl groups excluding tert-OH is 1. The van der Waals surface area contributed by atoms with E-state index in [0.717, 1.165) is 29.3 Å². The van der Waals surface area contributed by atoms with Crippen LogP contribution in [0.15, 0.2) is 60.7 Å². The van der Waals surface area contributed by atoms with Crippen LogP contribution in [-0.4, -0.2) is 71.6 Å². The number of anilines is 2. The summed E-state index contributed by atoms with van der Waals surface area (Å²) in [6.07, 6.45) is 1.42. The molecule has 0 spiro atoms. The summed E-state index contributed by atoms with van der Waals surface area (Å²) in [5.74, 6) is 0.305. The average Bonchev–Trinajstić information content (AvgIpc) is 3.81. The number of ether oxygens (including phenoxy) is 1. The van der Waals surface area contributed by atoms with Gasteiger partial charge in [-0.25, -0.2) is 4.79 Å². The highest BCUT2D eigenvalue weighted by Gasteiger charge is 2.33. The Bertz CT molecular complexity index is 1430. The molecule has 0 unspecified atom stereocenters. The maximum Gasteiger partial charge on any atom is 0.321 e. The Balaban J connectivity index is 1.38. The van der Waals surface area contributed by atoms with Crippen LogP contribution in [0.1, 0.15) is 32.3 Å². The number of hydrogen-bond donors (Lipinski definition) is 3. The third kappa shape index (κ3) is 6.62. The number of nitrogens with zero attached hydrogens (tertiary/aromatic N) is 2. The fourth-order valence-electron chi connectivity index (χ4n) is 5.21. The molecule has 0 aromatic heterocycles. The number of aliphatic hydroxyl groups is 1. The Morgan fingerprint density at radius 3 is 2.61 bits per heavy atom. The van der Waals surface area contributed by atoms with Gasteiger partial charge in [-0.05, 0) is 49.4 Å². The molecule has 1 aliphatic carbocycles. The maximum absolute atomic E-state index is 13.4. The third-order valence-electron chi connectivity index (χ3n) is 7.96. The molecule has 3 aromatic carbocycles. The van der Waals surface area contributed by atoms with E-state index in [2.05, 4.69) is 10.6 Å². The molecule has 216 valence electrons. The van der Waals surface area contributed by atoms with Crippen molar-refractivity contribution in [2.75, 3.05) is 37.4 Å². The molecule has 3 atom stereocenters. The highest BCUT2D eigenvalue weighted by molar-refractivity contribution is 6.01. The molecule has 1 aliphatic heterocycles. The number of fused-ring (bicyclic) bond motifs is 2. The van der Waals surface area contributed by atoms with Gasteiger partial charge in [-0.3, -0.25) is 9.59 Å². The maximum atomic E-state index is 13.4. The van der Waals surface area contributed by atoms with Crippen LogP contribution in [-0.2, 0) is 16.0 Å². The van der Waals surface area contributed by atoms with E-state index in [-0.39, 0.29) is 55.3 Å². The SMILES string of the molecule is C[C@@H]1CN([C@@H](C)CO)C(=O)Cc2cc(NC(=O)C3CC3)ccc2O[C@@H]1CN(C)C(=O)Nc1cccc2ccccc12. The van der Waals surface area contributed by atoms with Crippen molar-refractivity contribution in [3.05, 3.63) is 66.2 Å². The van der Waals surface area contributed by atoms with E-state index in [1.54, 1.807) is 35.0 Å². The first kappa shape index (κ1) is 28.4. The van der Waals surface area contributed by atoms with Crippen molar-refractivity contribution in [2.24, 2.45) is 11.8 Å². The molecular weight excluding hydrogens is 520 g/mol. The Labute approximate surface area is 240 Å². The summed E-state index contributed by atoms with van der Waals surface area (Å²) in [5, 5.41) is 17.8. The lowest BCUT2D eigenvalue weighted by atomic mass is 10.0. The number of carbonyl (C=O) groups is 3. The van der Waals surface area contributed by atoms with Gasteiger partial charge < -0.3 is 30.3 Å². The number of rotatable bonds is 7. The number of urea groups is 1. The van der Waals surface area contributed by atoms with Gasteiger partial charge in [0.1, 0.15) is 11.9 Å². The monoisotopic (exact) mass is 558 g/mol. The molecule has 1 fully saturated rings. The summed E-state index contributed by atoms with van der Waals surface area (Å²) in [5.41, 5.74) is 2.00. The number of nitrogens with one attached hydrogen (secondary N) is 2. The molecule has 3 aromatic rings. The van der Waals surface area contributed by atoms with Crippen molar-refractivity contribution < 1.29 is 24.2 Å². The van der Waals surface area contributed by atoms with E-state index >= 15 is 0 Å². The fraction of sp³-hybridized carbons (Fsp3) is 0.406. The highest BCUT2D eigenvalue weighted by Crippen LogP contribution is 2.33. The first-order valence-electron chi connectivity index (χ1n) is 14.2. The van der Waals surface area contributed by atoms with Gasteiger partial charge in [-0.15, -0.1) is 0 Å². The van der Waals surface area contributed by atoms with Gasteiger partial charge in [-0.2, -0.15) is 0 Å². The summed E-state index contributed by atoms with van der Waals surface area (Å²) in [6, 6.07) is 18.4. The number of likely N-dealkylation sites (N-methyl/N-ethyl adjacent to an activating group) is 1. The van der Waals surface area contributed by atoms with E-state index in [4.69, 9.17) is 4.74 Å². The van der Waals surface area contributed by atoms with Gasteiger partial charge in [0, 0.05) is 42.1 Å². The Morgan fingerprint density at radius 2 is 1.85 bits per heavy atom. The summed E-state index contributed by atoms with van der Waals surface area (Å²) in [7, 11) is 1.72. The lowest BCUT2D eigenvalue weighted by Gasteiger charge is -2.34. The smallest absolute Gasteiger partial charge is 0.321 e. The van der Waals surface area contributed by atoms with Crippen LogP contribution in [0.5, 0.6) is 5.75 Å². The number of benzene rings is 3. The first-order chi connectivity index (χ1) is 19.7. The number of amides is 4. The molecule has 3 N–H and O–H groups in total. The third-order valence-corrected chi connectivity index (χ3v) is 7.96. The standard InChI is InChI=1S/C32H38N4O5/c1-20-17-36(21(2)19-37)30(38)16-24-15-25(33-31(39)23-11-12-23)13-14-28(24)41-29(20)18-35(3)32(40)34-27-10-6-8-22-7-4-5-9-26(22)27/h4-10,13-15,20-21,23,29,37H,11-12,16-19H2,1-3H3,(H,33,39)(H,34,40)/t20-,21+,29-/m1/s1. The normalized spacial score (nSPS) is 19.7. The second-order valence-electron chi connectivity index (χ2n) is 11.3. The molecular formula is C32H38N4O5. The van der Waals surface area contributed by atoms with Crippen molar-refractivity contribution in [1.82, 2.24) is 9.80 Å². The summed E-state index contributed by atoms with van der Waals surface area (Å²) in [4.78, 5) is 42.4. The van der Waals surface area contributed by atoms with Crippen LogP contribution in [0.2, 0.25) is 0 Å². The Hall–Kier alpha value is -4.11. The second kappa shape index (κ2) is 12.2. The zero-order chi connectivity index (χ0) is 29.1. The van der Waals surface area contributed by atoms with Crippen LogP contribution in [0.3, 0.4) is 0 Å². The summed E-state index contributed by atoms with van der Waals surface area (Å²) >= 11 is 0. The zero-order valence-electron chi connectivity index (χ0n) is 23.8. The quantitative estimate of drug-likeness (QED) is 0.396. The van der Waals surface area contributed by atoms with Gasteiger partial charge in [0.05, 0.1) is 31.3 Å². The fourth-order valence-corrected chi connectivity index (χ4v) is 5.21.